The number of benzene rings is 3. The first-order valence-corrected chi connectivity index (χ1v) is 14.6. The summed E-state index contributed by atoms with van der Waals surface area (Å²) in [5.41, 5.74) is 2.74. The minimum Gasteiger partial charge on any atom is -0.462 e. The monoisotopic (exact) mass is 601 g/mol. The minimum atomic E-state index is -3.80. The molecule has 3 aromatic carbocycles. The van der Waals surface area contributed by atoms with Crippen LogP contribution in [0.2, 0.25) is 0 Å². The number of thiocarbonyl (C=S) groups is 1. The largest absolute Gasteiger partial charge is 0.462 e. The van der Waals surface area contributed by atoms with Crippen molar-refractivity contribution in [1.82, 2.24) is 4.98 Å². The van der Waals surface area contributed by atoms with Gasteiger partial charge < -0.3 is 20.7 Å². The van der Waals surface area contributed by atoms with Gasteiger partial charge in [-0.3, -0.25) is 9.52 Å². The maximum Gasteiger partial charge on any atom is 0.338 e. The zero-order valence-electron chi connectivity index (χ0n) is 22.4. The fourth-order valence-corrected chi connectivity index (χ4v) is 4.85. The molecule has 0 fully saturated rings. The van der Waals surface area contributed by atoms with Crippen molar-refractivity contribution in [3.05, 3.63) is 121 Å². The van der Waals surface area contributed by atoms with Crippen LogP contribution in [0.1, 0.15) is 27.6 Å². The number of ketones is 1. The van der Waals surface area contributed by atoms with Crippen LogP contribution >= 0.6 is 12.2 Å². The molecule has 0 unspecified atom stereocenters. The average Bonchev–Trinajstić information content (AvgIpc) is 2.98. The number of esters is 1. The normalized spacial score (nSPS) is 11.0. The molecule has 1 aromatic heterocycles. The van der Waals surface area contributed by atoms with Crippen LogP contribution in [0.4, 0.5) is 22.9 Å². The summed E-state index contributed by atoms with van der Waals surface area (Å²) in [6.07, 6.45) is 4.41. The number of nitrogens with one attached hydrogen (secondary N) is 4. The molecular weight excluding hydrogens is 574 g/mol. The number of hydrogen-bond donors (Lipinski definition) is 4. The summed E-state index contributed by atoms with van der Waals surface area (Å²) in [6, 6.07) is 24.5. The van der Waals surface area contributed by atoms with Gasteiger partial charge in [0.25, 0.3) is 10.0 Å². The van der Waals surface area contributed by atoms with E-state index in [1.807, 2.05) is 0 Å². The van der Waals surface area contributed by atoms with Gasteiger partial charge in [-0.15, -0.1) is 0 Å². The van der Waals surface area contributed by atoms with Gasteiger partial charge in [0.1, 0.15) is 5.82 Å². The molecule has 0 aliphatic carbocycles. The Kier molecular flexibility index (Phi) is 9.98. The van der Waals surface area contributed by atoms with Gasteiger partial charge in [-0.05, 0) is 91.9 Å². The SMILES string of the molecule is CCOC(=O)c1ccc(N/C=C/C(=O)c2cccc(NC(=S)Nc3ccc(S(=O)(=O)Nc4ccccn4)cc3)c2)cc1. The van der Waals surface area contributed by atoms with Gasteiger partial charge in [0, 0.05) is 41.1 Å². The zero-order chi connectivity index (χ0) is 30.0. The number of pyridine rings is 1. The lowest BCUT2D eigenvalue weighted by molar-refractivity contribution is 0.0526. The quantitative estimate of drug-likeness (QED) is 0.0735. The van der Waals surface area contributed by atoms with E-state index in [1.54, 1.807) is 85.8 Å². The second kappa shape index (κ2) is 14.0. The van der Waals surface area contributed by atoms with Gasteiger partial charge in [0.05, 0.1) is 17.1 Å². The third-order valence-electron chi connectivity index (χ3n) is 5.61. The summed E-state index contributed by atoms with van der Waals surface area (Å²) in [7, 11) is -3.80. The number of aromatic nitrogens is 1. The molecule has 0 aliphatic rings. The number of anilines is 4. The van der Waals surface area contributed by atoms with Crippen molar-refractivity contribution in [2.24, 2.45) is 0 Å². The van der Waals surface area contributed by atoms with Crippen LogP contribution in [0.15, 0.2) is 114 Å². The Morgan fingerprint density at radius 2 is 1.57 bits per heavy atom. The van der Waals surface area contributed by atoms with E-state index in [4.69, 9.17) is 17.0 Å². The molecule has 0 amide bonds. The standard InChI is InChI=1S/C30H27N5O5S2/c1-2-40-29(37)21-9-11-23(12-10-21)31-19-17-27(36)22-6-5-7-25(20-22)34-30(41)33-24-13-15-26(16-14-24)42(38,39)35-28-8-3-4-18-32-28/h3-20,31H,2H2,1H3,(H,32,35)(H2,33,34,41)/b19-17+. The summed E-state index contributed by atoms with van der Waals surface area (Å²) in [5.74, 6) is -0.403. The third kappa shape index (κ3) is 8.46. The number of sulfonamides is 1. The molecule has 4 N–H and O–H groups in total. The lowest BCUT2D eigenvalue weighted by atomic mass is 10.1. The van der Waals surface area contributed by atoms with Crippen molar-refractivity contribution in [1.29, 1.82) is 0 Å². The number of ether oxygens (including phenoxy) is 1. The van der Waals surface area contributed by atoms with Crippen LogP contribution < -0.4 is 20.7 Å². The molecule has 4 aromatic rings. The molecule has 10 nitrogen and oxygen atoms in total. The van der Waals surface area contributed by atoms with Gasteiger partial charge in [-0.2, -0.15) is 0 Å². The summed E-state index contributed by atoms with van der Waals surface area (Å²) < 4.78 is 32.6. The molecule has 4 rings (SSSR count). The highest BCUT2D eigenvalue weighted by molar-refractivity contribution is 7.92. The zero-order valence-corrected chi connectivity index (χ0v) is 24.0. The van der Waals surface area contributed by atoms with Gasteiger partial charge in [0.15, 0.2) is 10.9 Å². The Labute approximate surface area is 248 Å². The number of allylic oxidation sites excluding steroid dienone is 1. The second-order valence-electron chi connectivity index (χ2n) is 8.64. The lowest BCUT2D eigenvalue weighted by Crippen LogP contribution is -2.19. The Morgan fingerprint density at radius 1 is 0.857 bits per heavy atom. The Morgan fingerprint density at radius 3 is 2.26 bits per heavy atom. The Balaban J connectivity index is 1.30. The van der Waals surface area contributed by atoms with Crippen molar-refractivity contribution in [2.45, 2.75) is 11.8 Å². The third-order valence-corrected chi connectivity index (χ3v) is 7.19. The van der Waals surface area contributed by atoms with E-state index in [1.165, 1.54) is 30.6 Å². The van der Waals surface area contributed by atoms with Gasteiger partial charge >= 0.3 is 5.97 Å². The van der Waals surface area contributed by atoms with Crippen molar-refractivity contribution in [3.8, 4) is 0 Å². The van der Waals surface area contributed by atoms with Crippen molar-refractivity contribution in [2.75, 3.05) is 27.3 Å². The smallest absolute Gasteiger partial charge is 0.338 e. The Bertz CT molecular complexity index is 1690. The van der Waals surface area contributed by atoms with E-state index >= 15 is 0 Å². The fraction of sp³-hybridized carbons (Fsp3) is 0.0667. The van der Waals surface area contributed by atoms with Crippen LogP contribution in [0.5, 0.6) is 0 Å². The first-order valence-electron chi connectivity index (χ1n) is 12.7. The average molecular weight is 602 g/mol. The van der Waals surface area contributed by atoms with E-state index in [9.17, 15) is 18.0 Å². The topological polar surface area (TPSA) is 139 Å². The molecule has 0 saturated heterocycles. The first-order chi connectivity index (χ1) is 20.2. The maximum atomic E-state index is 12.7. The molecule has 0 atom stereocenters. The van der Waals surface area contributed by atoms with Gasteiger partial charge in [0.2, 0.25) is 0 Å². The number of nitrogens with zero attached hydrogens (tertiary/aromatic N) is 1. The molecule has 1 heterocycles. The highest BCUT2D eigenvalue weighted by Gasteiger charge is 2.15. The molecule has 12 heteroatoms. The Hall–Kier alpha value is -5.07. The predicted molar refractivity (Wildman–Crippen MR) is 167 cm³/mol. The maximum absolute atomic E-state index is 12.7. The van der Waals surface area contributed by atoms with Crippen molar-refractivity contribution in [3.63, 3.8) is 0 Å². The molecule has 0 bridgehead atoms. The number of carbonyl (C=O) groups excluding carboxylic acids is 2. The highest BCUT2D eigenvalue weighted by atomic mass is 32.2. The molecule has 0 spiro atoms. The molecule has 214 valence electrons. The van der Waals surface area contributed by atoms with E-state index in [-0.39, 0.29) is 21.6 Å². The molecule has 42 heavy (non-hydrogen) atoms. The molecule has 0 radical (unpaired) electrons. The summed E-state index contributed by atoms with van der Waals surface area (Å²) in [4.78, 5) is 28.5. The summed E-state index contributed by atoms with van der Waals surface area (Å²) in [6.45, 7) is 2.05. The van der Waals surface area contributed by atoms with E-state index in [2.05, 4.69) is 25.7 Å². The summed E-state index contributed by atoms with van der Waals surface area (Å²) in [5, 5.41) is 9.27. The van der Waals surface area contributed by atoms with Crippen LogP contribution in [-0.4, -0.2) is 36.9 Å². The molecular formula is C30H27N5O5S2. The van der Waals surface area contributed by atoms with Crippen LogP contribution in [0.25, 0.3) is 0 Å². The fourth-order valence-electron chi connectivity index (χ4n) is 3.61. The number of carbonyl (C=O) groups is 2. The lowest BCUT2D eigenvalue weighted by Gasteiger charge is -2.12. The van der Waals surface area contributed by atoms with E-state index in [0.29, 0.717) is 34.8 Å². The number of hydrogen-bond acceptors (Lipinski definition) is 8. The van der Waals surface area contributed by atoms with Gasteiger partial charge in [-0.25, -0.2) is 18.2 Å². The minimum absolute atomic E-state index is 0.0695. The van der Waals surface area contributed by atoms with Crippen LogP contribution in [0, 0.1) is 0 Å². The van der Waals surface area contributed by atoms with E-state index < -0.39 is 16.0 Å². The van der Waals surface area contributed by atoms with Crippen LogP contribution in [-0.2, 0) is 14.8 Å². The first kappa shape index (κ1) is 29.9. The van der Waals surface area contributed by atoms with Crippen molar-refractivity contribution >= 4 is 62.0 Å². The summed E-state index contributed by atoms with van der Waals surface area (Å²) >= 11 is 5.39. The predicted octanol–water partition coefficient (Wildman–Crippen LogP) is 5.68. The van der Waals surface area contributed by atoms with Crippen molar-refractivity contribution < 1.29 is 22.7 Å². The second-order valence-corrected chi connectivity index (χ2v) is 10.7. The van der Waals surface area contributed by atoms with Gasteiger partial charge in [-0.1, -0.05) is 18.2 Å². The molecule has 0 aliphatic heterocycles. The number of rotatable bonds is 11. The highest BCUT2D eigenvalue weighted by Crippen LogP contribution is 2.18. The molecule has 0 saturated carbocycles. The van der Waals surface area contributed by atoms with E-state index in [0.717, 1.165) is 0 Å². The van der Waals surface area contributed by atoms with Crippen LogP contribution in [0.3, 0.4) is 0 Å².